The van der Waals surface area contributed by atoms with E-state index in [-0.39, 0.29) is 11.5 Å². The second kappa shape index (κ2) is 8.41. The maximum Gasteiger partial charge on any atom is 0.193 e. The van der Waals surface area contributed by atoms with E-state index in [0.29, 0.717) is 11.1 Å². The van der Waals surface area contributed by atoms with Crippen molar-refractivity contribution in [3.8, 4) is 16.9 Å². The van der Waals surface area contributed by atoms with Crippen LogP contribution in [-0.4, -0.2) is 10.9 Å². The molecule has 0 spiro atoms. The van der Waals surface area contributed by atoms with Crippen molar-refractivity contribution in [2.45, 2.75) is 0 Å². The zero-order valence-corrected chi connectivity index (χ0v) is 15.8. The molecule has 0 aromatic heterocycles. The van der Waals surface area contributed by atoms with E-state index in [0.717, 1.165) is 22.3 Å². The van der Waals surface area contributed by atoms with Gasteiger partial charge in [0.1, 0.15) is 5.75 Å². The molecule has 1 N–H and O–H groups in total. The van der Waals surface area contributed by atoms with Crippen molar-refractivity contribution in [1.29, 1.82) is 0 Å². The average Bonchev–Trinajstić information content (AvgIpc) is 2.79. The molecule has 4 rings (SSSR count). The Morgan fingerprint density at radius 3 is 1.93 bits per heavy atom. The van der Waals surface area contributed by atoms with E-state index in [1.165, 1.54) is 0 Å². The third-order valence-corrected chi connectivity index (χ3v) is 4.79. The Labute approximate surface area is 170 Å². The van der Waals surface area contributed by atoms with Crippen LogP contribution in [0.15, 0.2) is 109 Å². The SMILES string of the molecule is O=C(C(=Cc1ccccc1)c1ccccc1-c1ccc(O)cc1)c1ccccc1. The van der Waals surface area contributed by atoms with Crippen LogP contribution in [0.25, 0.3) is 22.8 Å². The van der Waals surface area contributed by atoms with E-state index in [1.807, 2.05) is 103 Å². The molecule has 0 amide bonds. The number of rotatable bonds is 5. The van der Waals surface area contributed by atoms with Crippen LogP contribution in [0.4, 0.5) is 0 Å². The third kappa shape index (κ3) is 4.17. The highest BCUT2D eigenvalue weighted by atomic mass is 16.3. The summed E-state index contributed by atoms with van der Waals surface area (Å²) in [5.74, 6) is 0.187. The molecule has 0 bridgehead atoms. The van der Waals surface area contributed by atoms with Gasteiger partial charge in [-0.05, 0) is 40.5 Å². The maximum atomic E-state index is 13.5. The summed E-state index contributed by atoms with van der Waals surface area (Å²) in [6, 6.07) is 34.1. The van der Waals surface area contributed by atoms with E-state index in [9.17, 15) is 9.90 Å². The van der Waals surface area contributed by atoms with Crippen LogP contribution < -0.4 is 0 Å². The van der Waals surface area contributed by atoms with Crippen LogP contribution in [0.2, 0.25) is 0 Å². The van der Waals surface area contributed by atoms with Gasteiger partial charge in [0.25, 0.3) is 0 Å². The molecule has 0 saturated heterocycles. The molecule has 2 nitrogen and oxygen atoms in total. The van der Waals surface area contributed by atoms with Crippen molar-refractivity contribution >= 4 is 17.4 Å². The van der Waals surface area contributed by atoms with E-state index in [4.69, 9.17) is 0 Å². The standard InChI is InChI=1S/C27H20O2/c28-23-17-15-21(16-18-23)24-13-7-8-14-25(24)26(19-20-9-3-1-4-10-20)27(29)22-11-5-2-6-12-22/h1-19,28H. The summed E-state index contributed by atoms with van der Waals surface area (Å²) in [5, 5.41) is 9.65. The molecule has 0 aliphatic heterocycles. The number of aromatic hydroxyl groups is 1. The van der Waals surface area contributed by atoms with Crippen LogP contribution >= 0.6 is 0 Å². The molecule has 29 heavy (non-hydrogen) atoms. The third-order valence-electron chi connectivity index (χ3n) is 4.79. The topological polar surface area (TPSA) is 37.3 Å². The fourth-order valence-corrected chi connectivity index (χ4v) is 3.34. The Balaban J connectivity index is 1.90. The van der Waals surface area contributed by atoms with Crippen LogP contribution in [-0.2, 0) is 0 Å². The highest BCUT2D eigenvalue weighted by Gasteiger charge is 2.18. The molecular weight excluding hydrogens is 356 g/mol. The van der Waals surface area contributed by atoms with Crippen LogP contribution in [0.5, 0.6) is 5.75 Å². The highest BCUT2D eigenvalue weighted by Crippen LogP contribution is 2.33. The van der Waals surface area contributed by atoms with Crippen molar-refractivity contribution in [2.75, 3.05) is 0 Å². The largest absolute Gasteiger partial charge is 0.508 e. The lowest BCUT2D eigenvalue weighted by atomic mass is 9.89. The molecular formula is C27H20O2. The molecule has 0 aliphatic carbocycles. The Bertz CT molecular complexity index is 1140. The molecule has 4 aromatic rings. The van der Waals surface area contributed by atoms with Crippen LogP contribution in [0, 0.1) is 0 Å². The quantitative estimate of drug-likeness (QED) is 0.246. The number of hydrogen-bond donors (Lipinski definition) is 1. The summed E-state index contributed by atoms with van der Waals surface area (Å²) in [6.07, 6.45) is 1.94. The van der Waals surface area contributed by atoms with E-state index >= 15 is 0 Å². The number of benzene rings is 4. The zero-order valence-electron chi connectivity index (χ0n) is 15.8. The lowest BCUT2D eigenvalue weighted by Gasteiger charge is -2.14. The average molecular weight is 376 g/mol. The van der Waals surface area contributed by atoms with Gasteiger partial charge < -0.3 is 5.11 Å². The zero-order chi connectivity index (χ0) is 20.1. The van der Waals surface area contributed by atoms with Gasteiger partial charge in [0, 0.05) is 11.1 Å². The second-order valence-electron chi connectivity index (χ2n) is 6.76. The normalized spacial score (nSPS) is 11.2. The fraction of sp³-hybridized carbons (Fsp3) is 0. The summed E-state index contributed by atoms with van der Waals surface area (Å²) in [5.41, 5.74) is 4.99. The first-order chi connectivity index (χ1) is 14.2. The van der Waals surface area contributed by atoms with Gasteiger partial charge in [-0.15, -0.1) is 0 Å². The molecule has 2 heteroatoms. The Kier molecular flexibility index (Phi) is 5.35. The summed E-state index contributed by atoms with van der Waals surface area (Å²) in [6.45, 7) is 0. The molecule has 0 fully saturated rings. The lowest BCUT2D eigenvalue weighted by molar-refractivity contribution is 0.105. The summed E-state index contributed by atoms with van der Waals surface area (Å²) in [4.78, 5) is 13.5. The molecule has 0 unspecified atom stereocenters. The fourth-order valence-electron chi connectivity index (χ4n) is 3.34. The van der Waals surface area contributed by atoms with Crippen molar-refractivity contribution in [2.24, 2.45) is 0 Å². The van der Waals surface area contributed by atoms with Gasteiger partial charge in [0.2, 0.25) is 0 Å². The summed E-state index contributed by atoms with van der Waals surface area (Å²) < 4.78 is 0. The number of phenolic OH excluding ortho intramolecular Hbond substituents is 1. The van der Waals surface area contributed by atoms with Crippen LogP contribution in [0.1, 0.15) is 21.5 Å². The van der Waals surface area contributed by atoms with Crippen molar-refractivity contribution in [3.63, 3.8) is 0 Å². The van der Waals surface area contributed by atoms with Gasteiger partial charge in [-0.1, -0.05) is 97.1 Å². The predicted molar refractivity (Wildman–Crippen MR) is 119 cm³/mol. The molecule has 0 atom stereocenters. The number of phenols is 1. The molecule has 0 aliphatic rings. The number of Topliss-reactive ketones (excluding diaryl/α,β-unsaturated/α-hetero) is 1. The number of allylic oxidation sites excluding steroid dienone is 1. The van der Waals surface area contributed by atoms with Crippen molar-refractivity contribution in [3.05, 3.63) is 126 Å². The maximum absolute atomic E-state index is 13.5. The van der Waals surface area contributed by atoms with Gasteiger partial charge in [0.05, 0.1) is 0 Å². The van der Waals surface area contributed by atoms with Gasteiger partial charge in [-0.3, -0.25) is 4.79 Å². The monoisotopic (exact) mass is 376 g/mol. The minimum absolute atomic E-state index is 0.0271. The van der Waals surface area contributed by atoms with E-state index in [1.54, 1.807) is 12.1 Å². The molecule has 0 saturated carbocycles. The first-order valence-electron chi connectivity index (χ1n) is 9.48. The summed E-state index contributed by atoms with van der Waals surface area (Å²) >= 11 is 0. The molecule has 0 heterocycles. The minimum Gasteiger partial charge on any atom is -0.508 e. The Morgan fingerprint density at radius 1 is 0.655 bits per heavy atom. The van der Waals surface area contributed by atoms with Gasteiger partial charge >= 0.3 is 0 Å². The summed E-state index contributed by atoms with van der Waals surface area (Å²) in [7, 11) is 0. The smallest absolute Gasteiger partial charge is 0.193 e. The molecule has 0 radical (unpaired) electrons. The number of carbonyl (C=O) groups is 1. The van der Waals surface area contributed by atoms with E-state index in [2.05, 4.69) is 0 Å². The predicted octanol–water partition coefficient (Wildman–Crippen LogP) is 6.48. The molecule has 140 valence electrons. The van der Waals surface area contributed by atoms with Gasteiger partial charge in [-0.2, -0.15) is 0 Å². The van der Waals surface area contributed by atoms with Crippen molar-refractivity contribution in [1.82, 2.24) is 0 Å². The van der Waals surface area contributed by atoms with Gasteiger partial charge in [0.15, 0.2) is 5.78 Å². The van der Waals surface area contributed by atoms with Crippen LogP contribution in [0.3, 0.4) is 0 Å². The number of carbonyl (C=O) groups excluding carboxylic acids is 1. The Hall–Kier alpha value is -3.91. The first-order valence-corrected chi connectivity index (χ1v) is 9.48. The minimum atomic E-state index is -0.0271. The first kappa shape index (κ1) is 18.5. The second-order valence-corrected chi connectivity index (χ2v) is 6.76. The van der Waals surface area contributed by atoms with Crippen molar-refractivity contribution < 1.29 is 9.90 Å². The van der Waals surface area contributed by atoms with E-state index < -0.39 is 0 Å². The molecule has 4 aromatic carbocycles. The van der Waals surface area contributed by atoms with Gasteiger partial charge in [-0.25, -0.2) is 0 Å². The number of hydrogen-bond acceptors (Lipinski definition) is 2. The Morgan fingerprint density at radius 2 is 1.24 bits per heavy atom. The number of ketones is 1. The highest BCUT2D eigenvalue weighted by molar-refractivity contribution is 6.33. The lowest BCUT2D eigenvalue weighted by Crippen LogP contribution is -2.04.